The molecular formula is C19H26N4O4. The van der Waals surface area contributed by atoms with Crippen molar-refractivity contribution in [2.75, 3.05) is 27.3 Å². The second-order valence-electron chi connectivity index (χ2n) is 6.81. The SMILES string of the molecule is COc1cc2ncn(CCCC(=O)N3CCCC(N)C3)c(=O)c2cc1OC. The summed E-state index contributed by atoms with van der Waals surface area (Å²) in [6.45, 7) is 1.82. The third-order valence-electron chi connectivity index (χ3n) is 4.93. The predicted octanol–water partition coefficient (Wildman–Crippen LogP) is 1.14. The zero-order chi connectivity index (χ0) is 19.4. The lowest BCUT2D eigenvalue weighted by molar-refractivity contribution is -0.132. The first-order chi connectivity index (χ1) is 13.0. The van der Waals surface area contributed by atoms with Crippen LogP contribution in [0.1, 0.15) is 25.7 Å². The van der Waals surface area contributed by atoms with E-state index in [1.54, 1.807) is 12.1 Å². The molecule has 2 aromatic rings. The molecule has 1 unspecified atom stereocenters. The van der Waals surface area contributed by atoms with E-state index in [2.05, 4.69) is 4.98 Å². The van der Waals surface area contributed by atoms with Crippen molar-refractivity contribution in [3.8, 4) is 11.5 Å². The number of carbonyl (C=O) groups excluding carboxylic acids is 1. The van der Waals surface area contributed by atoms with Gasteiger partial charge < -0.3 is 20.1 Å². The molecule has 1 atom stereocenters. The highest BCUT2D eigenvalue weighted by Gasteiger charge is 2.20. The molecule has 1 fully saturated rings. The minimum absolute atomic E-state index is 0.0713. The van der Waals surface area contributed by atoms with Crippen LogP contribution in [0.25, 0.3) is 10.9 Å². The van der Waals surface area contributed by atoms with Gasteiger partial charge in [0.1, 0.15) is 0 Å². The summed E-state index contributed by atoms with van der Waals surface area (Å²) in [6, 6.07) is 3.39. The summed E-state index contributed by atoms with van der Waals surface area (Å²) in [7, 11) is 3.06. The zero-order valence-corrected chi connectivity index (χ0v) is 15.8. The number of likely N-dealkylation sites (tertiary alicyclic amines) is 1. The number of rotatable bonds is 6. The molecule has 2 heterocycles. The van der Waals surface area contributed by atoms with Gasteiger partial charge in [0.15, 0.2) is 11.5 Å². The molecule has 0 radical (unpaired) electrons. The van der Waals surface area contributed by atoms with E-state index in [0.717, 1.165) is 19.4 Å². The summed E-state index contributed by atoms with van der Waals surface area (Å²) < 4.78 is 12.0. The van der Waals surface area contributed by atoms with Crippen LogP contribution < -0.4 is 20.8 Å². The lowest BCUT2D eigenvalue weighted by Gasteiger charge is -2.30. The van der Waals surface area contributed by atoms with Gasteiger partial charge in [0.25, 0.3) is 5.56 Å². The Kier molecular flexibility index (Phi) is 5.95. The van der Waals surface area contributed by atoms with Gasteiger partial charge in [0, 0.05) is 38.2 Å². The molecule has 0 bridgehead atoms. The molecule has 1 aliphatic heterocycles. The lowest BCUT2D eigenvalue weighted by atomic mass is 10.1. The lowest BCUT2D eigenvalue weighted by Crippen LogP contribution is -2.45. The molecule has 1 aromatic carbocycles. The van der Waals surface area contributed by atoms with Gasteiger partial charge in [-0.3, -0.25) is 14.2 Å². The smallest absolute Gasteiger partial charge is 0.261 e. The van der Waals surface area contributed by atoms with Crippen molar-refractivity contribution in [2.45, 2.75) is 38.3 Å². The number of benzene rings is 1. The van der Waals surface area contributed by atoms with Crippen molar-refractivity contribution in [1.82, 2.24) is 14.5 Å². The topological polar surface area (TPSA) is 99.7 Å². The summed E-state index contributed by atoms with van der Waals surface area (Å²) in [5.41, 5.74) is 6.32. The van der Waals surface area contributed by atoms with Crippen LogP contribution in [0.4, 0.5) is 0 Å². The summed E-state index contributed by atoms with van der Waals surface area (Å²) in [5, 5.41) is 0.462. The number of hydrogen-bond acceptors (Lipinski definition) is 6. The fourth-order valence-corrected chi connectivity index (χ4v) is 3.44. The van der Waals surface area contributed by atoms with Crippen molar-refractivity contribution in [3.63, 3.8) is 0 Å². The van der Waals surface area contributed by atoms with Gasteiger partial charge in [-0.1, -0.05) is 0 Å². The van der Waals surface area contributed by atoms with Gasteiger partial charge in [0.05, 0.1) is 31.4 Å². The Morgan fingerprint density at radius 3 is 2.74 bits per heavy atom. The number of nitrogens with zero attached hydrogens (tertiary/aromatic N) is 3. The zero-order valence-electron chi connectivity index (χ0n) is 15.8. The Hall–Kier alpha value is -2.61. The van der Waals surface area contributed by atoms with E-state index in [1.165, 1.54) is 25.1 Å². The quantitative estimate of drug-likeness (QED) is 0.814. The number of ether oxygens (including phenoxy) is 2. The molecule has 146 valence electrons. The van der Waals surface area contributed by atoms with Crippen LogP contribution in [0.3, 0.4) is 0 Å². The second-order valence-corrected chi connectivity index (χ2v) is 6.81. The van der Waals surface area contributed by atoms with Gasteiger partial charge in [-0.15, -0.1) is 0 Å². The fourth-order valence-electron chi connectivity index (χ4n) is 3.44. The summed E-state index contributed by atoms with van der Waals surface area (Å²) in [4.78, 5) is 31.2. The minimum atomic E-state index is -0.159. The second kappa shape index (κ2) is 8.39. The number of nitrogens with two attached hydrogens (primary N) is 1. The van der Waals surface area contributed by atoms with E-state index in [9.17, 15) is 9.59 Å². The van der Waals surface area contributed by atoms with E-state index < -0.39 is 0 Å². The maximum Gasteiger partial charge on any atom is 0.261 e. The highest BCUT2D eigenvalue weighted by molar-refractivity contribution is 5.81. The Morgan fingerprint density at radius 1 is 1.30 bits per heavy atom. The molecule has 0 spiro atoms. The van der Waals surface area contributed by atoms with Gasteiger partial charge in [-0.25, -0.2) is 4.98 Å². The predicted molar refractivity (Wildman–Crippen MR) is 102 cm³/mol. The normalized spacial score (nSPS) is 17.1. The van der Waals surface area contributed by atoms with E-state index in [0.29, 0.717) is 48.3 Å². The Bertz CT molecular complexity index is 880. The van der Waals surface area contributed by atoms with Gasteiger partial charge in [0.2, 0.25) is 5.91 Å². The number of aromatic nitrogens is 2. The van der Waals surface area contributed by atoms with E-state index in [4.69, 9.17) is 15.2 Å². The maximum atomic E-state index is 12.7. The molecular weight excluding hydrogens is 348 g/mol. The average Bonchev–Trinajstić information content (AvgIpc) is 2.68. The van der Waals surface area contributed by atoms with Crippen LogP contribution in [-0.4, -0.2) is 53.7 Å². The van der Waals surface area contributed by atoms with Crippen LogP contribution >= 0.6 is 0 Å². The molecule has 27 heavy (non-hydrogen) atoms. The molecule has 1 saturated heterocycles. The van der Waals surface area contributed by atoms with E-state index in [-0.39, 0.29) is 17.5 Å². The minimum Gasteiger partial charge on any atom is -0.493 e. The third-order valence-corrected chi connectivity index (χ3v) is 4.93. The Morgan fingerprint density at radius 2 is 2.04 bits per heavy atom. The van der Waals surface area contributed by atoms with Crippen LogP contribution in [0.2, 0.25) is 0 Å². The molecule has 1 aromatic heterocycles. The summed E-state index contributed by atoms with van der Waals surface area (Å²) in [6.07, 6.45) is 4.40. The number of amides is 1. The van der Waals surface area contributed by atoms with Crippen molar-refractivity contribution < 1.29 is 14.3 Å². The number of methoxy groups -OCH3 is 2. The number of aryl methyl sites for hydroxylation is 1. The molecule has 1 amide bonds. The molecule has 1 aliphatic rings. The Balaban J connectivity index is 1.69. The standard InChI is InChI=1S/C19H26N4O4/c1-26-16-9-14-15(10-17(16)27-2)21-12-23(19(14)25)8-4-6-18(24)22-7-3-5-13(20)11-22/h9-10,12-13H,3-8,11,20H2,1-2H3. The molecule has 0 aliphatic carbocycles. The maximum absolute atomic E-state index is 12.7. The molecule has 0 saturated carbocycles. The van der Waals surface area contributed by atoms with Crippen LogP contribution in [0, 0.1) is 0 Å². The Labute approximate surface area is 157 Å². The third kappa shape index (κ3) is 4.21. The molecule has 2 N–H and O–H groups in total. The summed E-state index contributed by atoms with van der Waals surface area (Å²) in [5.74, 6) is 1.11. The van der Waals surface area contributed by atoms with Gasteiger partial charge in [-0.05, 0) is 25.3 Å². The highest BCUT2D eigenvalue weighted by Crippen LogP contribution is 2.29. The van der Waals surface area contributed by atoms with Crippen molar-refractivity contribution >= 4 is 16.8 Å². The largest absolute Gasteiger partial charge is 0.493 e. The first-order valence-electron chi connectivity index (χ1n) is 9.18. The van der Waals surface area contributed by atoms with Crippen LogP contribution in [0.5, 0.6) is 11.5 Å². The number of piperidine rings is 1. The van der Waals surface area contributed by atoms with Crippen LogP contribution in [-0.2, 0) is 11.3 Å². The fraction of sp³-hybridized carbons (Fsp3) is 0.526. The first kappa shape index (κ1) is 19.2. The molecule has 8 nitrogen and oxygen atoms in total. The monoisotopic (exact) mass is 374 g/mol. The molecule has 3 rings (SSSR count). The van der Waals surface area contributed by atoms with Crippen molar-refractivity contribution in [1.29, 1.82) is 0 Å². The number of carbonyl (C=O) groups is 1. The number of fused-ring (bicyclic) bond motifs is 1. The van der Waals surface area contributed by atoms with Crippen molar-refractivity contribution in [3.05, 3.63) is 28.8 Å². The van der Waals surface area contributed by atoms with Crippen molar-refractivity contribution in [2.24, 2.45) is 5.73 Å². The first-order valence-corrected chi connectivity index (χ1v) is 9.18. The molecule has 8 heteroatoms. The van der Waals surface area contributed by atoms with Crippen LogP contribution in [0.15, 0.2) is 23.3 Å². The van der Waals surface area contributed by atoms with Gasteiger partial charge in [-0.2, -0.15) is 0 Å². The summed E-state index contributed by atoms with van der Waals surface area (Å²) >= 11 is 0. The average molecular weight is 374 g/mol. The van der Waals surface area contributed by atoms with Gasteiger partial charge >= 0.3 is 0 Å². The highest BCUT2D eigenvalue weighted by atomic mass is 16.5. The van der Waals surface area contributed by atoms with E-state index >= 15 is 0 Å². The number of hydrogen-bond donors (Lipinski definition) is 1. The van der Waals surface area contributed by atoms with E-state index in [1.807, 2.05) is 4.90 Å².